The molecule has 0 aliphatic carbocycles. The fourth-order valence-corrected chi connectivity index (χ4v) is 0.633. The fraction of sp³-hybridized carbons (Fsp3) is 0.400. The molecule has 2 nitrogen and oxygen atoms in total. The van der Waals surface area contributed by atoms with Crippen molar-refractivity contribution < 1.29 is 13.3 Å². The second-order valence-electron chi connectivity index (χ2n) is 1.76. The first-order valence-electron chi connectivity index (χ1n) is 2.53. The van der Waals surface area contributed by atoms with Gasteiger partial charge in [-0.25, -0.2) is 9.55 Å². The van der Waals surface area contributed by atoms with Gasteiger partial charge in [-0.3, -0.25) is 0 Å². The van der Waals surface area contributed by atoms with Gasteiger partial charge in [0.2, 0.25) is 0 Å². The van der Waals surface area contributed by atoms with Crippen LogP contribution in [0.5, 0.6) is 0 Å². The summed E-state index contributed by atoms with van der Waals surface area (Å²) in [6.45, 7) is 0. The molecule has 0 amide bonds. The highest BCUT2D eigenvalue weighted by Gasteiger charge is 2.17. The number of aryl methyl sites for hydroxylation is 1. The van der Waals surface area contributed by atoms with E-state index >= 15 is 0 Å². The van der Waals surface area contributed by atoms with Gasteiger partial charge in [0.1, 0.15) is 12.4 Å². The van der Waals surface area contributed by atoms with Crippen LogP contribution < -0.4 is 4.57 Å². The number of aromatic amines is 1. The Labute approximate surface area is 51.1 Å². The summed E-state index contributed by atoms with van der Waals surface area (Å²) in [6, 6.07) is 0. The zero-order chi connectivity index (χ0) is 6.85. The molecule has 0 saturated carbocycles. The summed E-state index contributed by atoms with van der Waals surface area (Å²) in [6.07, 6.45) is 0.605. The van der Waals surface area contributed by atoms with Crippen molar-refractivity contribution in [2.75, 3.05) is 0 Å². The Hall–Kier alpha value is -0.930. The van der Waals surface area contributed by atoms with E-state index in [1.807, 2.05) is 0 Å². The Morgan fingerprint density at radius 3 is 2.56 bits per heavy atom. The second-order valence-corrected chi connectivity index (χ2v) is 1.76. The number of rotatable bonds is 1. The second kappa shape index (κ2) is 2.13. The van der Waals surface area contributed by atoms with E-state index in [1.54, 1.807) is 13.2 Å². The Kier molecular flexibility index (Phi) is 1.46. The van der Waals surface area contributed by atoms with Gasteiger partial charge in [-0.1, -0.05) is 0 Å². The third kappa shape index (κ3) is 1.06. The van der Waals surface area contributed by atoms with E-state index in [2.05, 4.69) is 4.98 Å². The average Bonchev–Trinajstić information content (AvgIpc) is 2.13. The molecule has 0 saturated heterocycles. The molecule has 4 heteroatoms. The van der Waals surface area contributed by atoms with Crippen LogP contribution in [-0.4, -0.2) is 4.98 Å². The van der Waals surface area contributed by atoms with Crippen molar-refractivity contribution in [2.45, 2.75) is 6.43 Å². The van der Waals surface area contributed by atoms with Crippen LogP contribution >= 0.6 is 0 Å². The van der Waals surface area contributed by atoms with Crippen molar-refractivity contribution in [3.63, 3.8) is 0 Å². The monoisotopic (exact) mass is 133 g/mol. The van der Waals surface area contributed by atoms with Crippen LogP contribution in [0.3, 0.4) is 0 Å². The maximum Gasteiger partial charge on any atom is 0.337 e. The van der Waals surface area contributed by atoms with Crippen LogP contribution in [0.1, 0.15) is 12.2 Å². The quantitative estimate of drug-likeness (QED) is 0.546. The van der Waals surface area contributed by atoms with E-state index in [4.69, 9.17) is 0 Å². The molecule has 0 radical (unpaired) electrons. The molecule has 0 aliphatic rings. The van der Waals surface area contributed by atoms with Crippen LogP contribution in [-0.2, 0) is 7.05 Å². The number of alkyl halides is 2. The lowest BCUT2D eigenvalue weighted by Gasteiger charge is -1.88. The van der Waals surface area contributed by atoms with Crippen LogP contribution in [0.15, 0.2) is 12.4 Å². The lowest BCUT2D eigenvalue weighted by molar-refractivity contribution is -0.682. The minimum absolute atomic E-state index is 0.0602. The number of hydrogen-bond donors (Lipinski definition) is 1. The normalized spacial score (nSPS) is 10.7. The van der Waals surface area contributed by atoms with Crippen molar-refractivity contribution >= 4 is 0 Å². The number of nitrogens with one attached hydrogen (secondary N) is 1. The van der Waals surface area contributed by atoms with Gasteiger partial charge in [-0.15, -0.1) is 0 Å². The molecule has 0 spiro atoms. The van der Waals surface area contributed by atoms with E-state index in [0.717, 1.165) is 0 Å². The summed E-state index contributed by atoms with van der Waals surface area (Å²) in [5.41, 5.74) is 0. The van der Waals surface area contributed by atoms with E-state index in [-0.39, 0.29) is 5.82 Å². The summed E-state index contributed by atoms with van der Waals surface area (Å²) in [4.78, 5) is 2.42. The highest BCUT2D eigenvalue weighted by molar-refractivity contribution is 4.77. The minimum Gasteiger partial charge on any atom is -0.243 e. The maximum absolute atomic E-state index is 11.8. The molecule has 0 fully saturated rings. The maximum atomic E-state index is 11.8. The standard InChI is InChI=1S/C5H6F2N2/c1-9-3-2-8-5(9)4(6)7/h2-4H,1H3/p+1. The first-order chi connectivity index (χ1) is 4.22. The van der Waals surface area contributed by atoms with Gasteiger partial charge >= 0.3 is 12.2 Å². The minimum atomic E-state index is -2.41. The molecule has 1 N–H and O–H groups in total. The van der Waals surface area contributed by atoms with Crippen molar-refractivity contribution in [3.05, 3.63) is 18.2 Å². The molecule has 0 atom stereocenters. The van der Waals surface area contributed by atoms with Gasteiger partial charge in [0.25, 0.3) is 0 Å². The van der Waals surface area contributed by atoms with E-state index in [1.165, 1.54) is 10.8 Å². The smallest absolute Gasteiger partial charge is 0.243 e. The molecule has 0 unspecified atom stereocenters. The third-order valence-corrected chi connectivity index (χ3v) is 1.12. The summed E-state index contributed by atoms with van der Waals surface area (Å²) >= 11 is 0. The number of halogens is 2. The number of aromatic nitrogens is 2. The predicted octanol–water partition coefficient (Wildman–Crippen LogP) is 0.777. The lowest BCUT2D eigenvalue weighted by atomic mass is 10.6. The molecule has 9 heavy (non-hydrogen) atoms. The molecule has 0 aromatic carbocycles. The van der Waals surface area contributed by atoms with Gasteiger partial charge in [-0.05, 0) is 0 Å². The fourth-order valence-electron chi connectivity index (χ4n) is 0.633. The molecule has 50 valence electrons. The first kappa shape index (κ1) is 6.19. The van der Waals surface area contributed by atoms with E-state index < -0.39 is 6.43 Å². The van der Waals surface area contributed by atoms with Crippen molar-refractivity contribution in [1.82, 2.24) is 4.98 Å². The van der Waals surface area contributed by atoms with Crippen molar-refractivity contribution in [3.8, 4) is 0 Å². The Bertz CT molecular complexity index is 195. The first-order valence-corrected chi connectivity index (χ1v) is 2.53. The molecular weight excluding hydrogens is 126 g/mol. The van der Waals surface area contributed by atoms with Gasteiger partial charge in [0, 0.05) is 0 Å². The van der Waals surface area contributed by atoms with Gasteiger partial charge in [0.05, 0.1) is 7.05 Å². The van der Waals surface area contributed by atoms with Gasteiger partial charge in [0.15, 0.2) is 0 Å². The topological polar surface area (TPSA) is 19.7 Å². The summed E-state index contributed by atoms with van der Waals surface area (Å²) in [7, 11) is 1.57. The van der Waals surface area contributed by atoms with E-state index in [9.17, 15) is 8.78 Å². The zero-order valence-corrected chi connectivity index (χ0v) is 4.94. The Balaban J connectivity index is 2.94. The predicted molar refractivity (Wildman–Crippen MR) is 26.9 cm³/mol. The van der Waals surface area contributed by atoms with Crippen LogP contribution in [0.25, 0.3) is 0 Å². The number of H-pyrrole nitrogens is 1. The number of imidazole rings is 1. The highest BCUT2D eigenvalue weighted by atomic mass is 19.3. The van der Waals surface area contributed by atoms with Crippen LogP contribution in [0.2, 0.25) is 0 Å². The molecular formula is C5H7F2N2+. The lowest BCUT2D eigenvalue weighted by Crippen LogP contribution is -2.30. The molecule has 0 bridgehead atoms. The Morgan fingerprint density at radius 1 is 1.67 bits per heavy atom. The van der Waals surface area contributed by atoms with Crippen molar-refractivity contribution in [1.29, 1.82) is 0 Å². The number of hydrogen-bond acceptors (Lipinski definition) is 0. The largest absolute Gasteiger partial charge is 0.337 e. The molecule has 1 aromatic rings. The molecule has 1 rings (SSSR count). The summed E-state index contributed by atoms with van der Waals surface area (Å²) in [5, 5.41) is 0. The number of nitrogens with zero attached hydrogens (tertiary/aromatic N) is 1. The Morgan fingerprint density at radius 2 is 2.33 bits per heavy atom. The highest BCUT2D eigenvalue weighted by Crippen LogP contribution is 2.10. The molecule has 0 aliphatic heterocycles. The molecule has 1 aromatic heterocycles. The SMILES string of the molecule is C[n+]1cc[nH]c1C(F)F. The summed E-state index contributed by atoms with van der Waals surface area (Å²) < 4.78 is 25.0. The van der Waals surface area contributed by atoms with Crippen LogP contribution in [0, 0.1) is 0 Å². The average molecular weight is 133 g/mol. The van der Waals surface area contributed by atoms with Crippen molar-refractivity contribution in [2.24, 2.45) is 7.05 Å². The third-order valence-electron chi connectivity index (χ3n) is 1.12. The zero-order valence-electron chi connectivity index (χ0n) is 4.94. The van der Waals surface area contributed by atoms with E-state index in [0.29, 0.717) is 0 Å². The van der Waals surface area contributed by atoms with Gasteiger partial charge < -0.3 is 0 Å². The molecule has 1 heterocycles. The van der Waals surface area contributed by atoms with Gasteiger partial charge in [-0.2, -0.15) is 8.78 Å². The summed E-state index contributed by atoms with van der Waals surface area (Å²) in [5.74, 6) is -0.0602. The van der Waals surface area contributed by atoms with Crippen LogP contribution in [0.4, 0.5) is 8.78 Å².